The van der Waals surface area contributed by atoms with Crippen molar-refractivity contribution < 1.29 is 0 Å². The summed E-state index contributed by atoms with van der Waals surface area (Å²) in [5.74, 6) is 0.639. The summed E-state index contributed by atoms with van der Waals surface area (Å²) in [6.45, 7) is 0. The first-order chi connectivity index (χ1) is 7.84. The van der Waals surface area contributed by atoms with E-state index in [4.69, 9.17) is 11.6 Å². The fraction of sp³-hybridized carbons (Fsp3) is 0. The van der Waals surface area contributed by atoms with Gasteiger partial charge in [-0.3, -0.25) is 0 Å². The van der Waals surface area contributed by atoms with Crippen molar-refractivity contribution in [2.24, 2.45) is 0 Å². The van der Waals surface area contributed by atoms with Crippen molar-refractivity contribution in [2.75, 3.05) is 0 Å². The Morgan fingerprint density at radius 3 is 2.62 bits per heavy atom. The summed E-state index contributed by atoms with van der Waals surface area (Å²) in [7, 11) is 0. The first-order valence-corrected chi connectivity index (χ1v) is 5.28. The number of nitrogens with zero attached hydrogens (tertiary/aromatic N) is 2. The van der Waals surface area contributed by atoms with Crippen LogP contribution in [0.4, 0.5) is 0 Å². The quantitative estimate of drug-likeness (QED) is 0.651. The van der Waals surface area contributed by atoms with Crippen LogP contribution in [0.3, 0.4) is 0 Å². The van der Waals surface area contributed by atoms with Gasteiger partial charge in [-0.2, -0.15) is 0 Å². The molecule has 0 amide bonds. The monoisotopic (exact) mass is 229 g/mol. The summed E-state index contributed by atoms with van der Waals surface area (Å²) in [6, 6.07) is 11.6. The maximum atomic E-state index is 6.08. The third-order valence-corrected chi connectivity index (χ3v) is 2.69. The van der Waals surface area contributed by atoms with E-state index in [0.717, 1.165) is 16.6 Å². The zero-order chi connectivity index (χ0) is 11.0. The second kappa shape index (κ2) is 3.61. The summed E-state index contributed by atoms with van der Waals surface area (Å²) in [5, 5.41) is 1.33. The van der Waals surface area contributed by atoms with Crippen molar-refractivity contribution in [1.29, 1.82) is 0 Å². The van der Waals surface area contributed by atoms with Gasteiger partial charge in [0.25, 0.3) is 0 Å². The van der Waals surface area contributed by atoms with E-state index in [1.807, 2.05) is 36.4 Å². The van der Waals surface area contributed by atoms with Gasteiger partial charge >= 0.3 is 0 Å². The van der Waals surface area contributed by atoms with Gasteiger partial charge in [-0.05, 0) is 6.07 Å². The number of hydrogen-bond donors (Lipinski definition) is 1. The lowest BCUT2D eigenvalue weighted by atomic mass is 10.2. The third kappa shape index (κ3) is 1.46. The van der Waals surface area contributed by atoms with Crippen LogP contribution in [0, 0.1) is 0 Å². The van der Waals surface area contributed by atoms with Crippen LogP contribution < -0.4 is 0 Å². The average Bonchev–Trinajstić information content (AvgIpc) is 2.79. The highest BCUT2D eigenvalue weighted by Crippen LogP contribution is 2.23. The minimum Gasteiger partial charge on any atom is -0.346 e. The summed E-state index contributed by atoms with van der Waals surface area (Å²) in [4.78, 5) is 11.7. The van der Waals surface area contributed by atoms with E-state index >= 15 is 0 Å². The molecule has 0 fully saturated rings. The molecule has 2 aromatic heterocycles. The lowest BCUT2D eigenvalue weighted by molar-refractivity contribution is 1.21. The van der Waals surface area contributed by atoms with Crippen molar-refractivity contribution in [2.45, 2.75) is 0 Å². The number of nitrogens with one attached hydrogen (secondary N) is 1. The number of benzene rings is 1. The molecular formula is C12H8ClN3. The van der Waals surface area contributed by atoms with Crippen LogP contribution in [0.2, 0.25) is 5.15 Å². The van der Waals surface area contributed by atoms with Gasteiger partial charge in [0.2, 0.25) is 0 Å². The molecule has 0 atom stereocenters. The van der Waals surface area contributed by atoms with E-state index in [2.05, 4.69) is 15.0 Å². The number of hydrogen-bond acceptors (Lipinski definition) is 2. The highest BCUT2D eigenvalue weighted by molar-refractivity contribution is 6.34. The molecule has 0 saturated heterocycles. The van der Waals surface area contributed by atoms with Crippen molar-refractivity contribution in [3.63, 3.8) is 0 Å². The average molecular weight is 230 g/mol. The number of rotatable bonds is 1. The molecule has 0 aliphatic rings. The molecule has 0 aliphatic heterocycles. The Hall–Kier alpha value is -1.87. The standard InChI is InChI=1S/C12H8ClN3/c13-10-9-6-7-14-12(9)16-11(15-10)8-4-2-1-3-5-8/h1-7H,(H,14,15,16). The number of halogens is 1. The van der Waals surface area contributed by atoms with Gasteiger partial charge in [-0.15, -0.1) is 0 Å². The first kappa shape index (κ1) is 9.36. The lowest BCUT2D eigenvalue weighted by Crippen LogP contribution is -1.90. The Morgan fingerprint density at radius 2 is 1.81 bits per heavy atom. The van der Waals surface area contributed by atoms with Gasteiger partial charge in [0.1, 0.15) is 10.8 Å². The van der Waals surface area contributed by atoms with Crippen LogP contribution in [0.5, 0.6) is 0 Å². The molecule has 1 aromatic carbocycles. The number of aromatic amines is 1. The molecule has 0 radical (unpaired) electrons. The molecule has 16 heavy (non-hydrogen) atoms. The first-order valence-electron chi connectivity index (χ1n) is 4.90. The van der Waals surface area contributed by atoms with Gasteiger partial charge in [-0.1, -0.05) is 41.9 Å². The van der Waals surface area contributed by atoms with E-state index in [-0.39, 0.29) is 0 Å². The molecule has 0 aliphatic carbocycles. The maximum absolute atomic E-state index is 6.08. The predicted octanol–water partition coefficient (Wildman–Crippen LogP) is 3.28. The van der Waals surface area contributed by atoms with Crippen molar-refractivity contribution in [3.05, 3.63) is 47.7 Å². The summed E-state index contributed by atoms with van der Waals surface area (Å²) >= 11 is 6.08. The summed E-state index contributed by atoms with van der Waals surface area (Å²) in [5.41, 5.74) is 1.72. The molecule has 0 spiro atoms. The molecule has 0 bridgehead atoms. The Morgan fingerprint density at radius 1 is 1.00 bits per heavy atom. The highest BCUT2D eigenvalue weighted by atomic mass is 35.5. The Labute approximate surface area is 97.1 Å². The molecule has 0 unspecified atom stereocenters. The van der Waals surface area contributed by atoms with Gasteiger partial charge in [0, 0.05) is 11.8 Å². The van der Waals surface area contributed by atoms with Crippen LogP contribution in [0.1, 0.15) is 0 Å². The summed E-state index contributed by atoms with van der Waals surface area (Å²) in [6.07, 6.45) is 1.81. The zero-order valence-electron chi connectivity index (χ0n) is 8.31. The van der Waals surface area contributed by atoms with E-state index in [9.17, 15) is 0 Å². The SMILES string of the molecule is Clc1nc(-c2ccccc2)nc2[nH]ccc12. The fourth-order valence-electron chi connectivity index (χ4n) is 1.62. The van der Waals surface area contributed by atoms with E-state index in [1.165, 1.54) is 0 Å². The zero-order valence-corrected chi connectivity index (χ0v) is 9.07. The van der Waals surface area contributed by atoms with Crippen LogP contribution in [0.15, 0.2) is 42.6 Å². The molecule has 3 nitrogen and oxygen atoms in total. The number of fused-ring (bicyclic) bond motifs is 1. The van der Waals surface area contributed by atoms with E-state index in [0.29, 0.717) is 11.0 Å². The Bertz CT molecular complexity index is 631. The lowest BCUT2D eigenvalue weighted by Gasteiger charge is -2.01. The Kier molecular flexibility index (Phi) is 2.11. The van der Waals surface area contributed by atoms with Gasteiger partial charge in [-0.25, -0.2) is 9.97 Å². The van der Waals surface area contributed by atoms with Crippen LogP contribution >= 0.6 is 11.6 Å². The summed E-state index contributed by atoms with van der Waals surface area (Å²) < 4.78 is 0. The van der Waals surface area contributed by atoms with Crippen LogP contribution in [-0.4, -0.2) is 15.0 Å². The van der Waals surface area contributed by atoms with Crippen molar-refractivity contribution in [3.8, 4) is 11.4 Å². The van der Waals surface area contributed by atoms with Gasteiger partial charge < -0.3 is 4.98 Å². The highest BCUT2D eigenvalue weighted by Gasteiger charge is 2.07. The van der Waals surface area contributed by atoms with Gasteiger partial charge in [0.15, 0.2) is 5.82 Å². The molecule has 78 valence electrons. The smallest absolute Gasteiger partial charge is 0.163 e. The normalized spacial score (nSPS) is 10.8. The predicted molar refractivity (Wildman–Crippen MR) is 64.3 cm³/mol. The molecule has 0 saturated carbocycles. The molecular weight excluding hydrogens is 222 g/mol. The van der Waals surface area contributed by atoms with E-state index in [1.54, 1.807) is 6.20 Å². The van der Waals surface area contributed by atoms with Crippen molar-refractivity contribution >= 4 is 22.6 Å². The molecule has 3 rings (SSSR count). The minimum atomic E-state index is 0.477. The maximum Gasteiger partial charge on any atom is 0.163 e. The van der Waals surface area contributed by atoms with Gasteiger partial charge in [0.05, 0.1) is 5.39 Å². The van der Waals surface area contributed by atoms with Crippen LogP contribution in [-0.2, 0) is 0 Å². The molecule has 1 N–H and O–H groups in total. The molecule has 2 heterocycles. The second-order valence-corrected chi connectivity index (χ2v) is 3.80. The third-order valence-electron chi connectivity index (χ3n) is 2.40. The largest absolute Gasteiger partial charge is 0.346 e. The van der Waals surface area contributed by atoms with E-state index < -0.39 is 0 Å². The molecule has 4 heteroatoms. The van der Waals surface area contributed by atoms with Crippen LogP contribution in [0.25, 0.3) is 22.4 Å². The molecule has 3 aromatic rings. The fourth-order valence-corrected chi connectivity index (χ4v) is 1.85. The minimum absolute atomic E-state index is 0.477. The van der Waals surface area contributed by atoms with Crippen molar-refractivity contribution in [1.82, 2.24) is 15.0 Å². The number of H-pyrrole nitrogens is 1. The Balaban J connectivity index is 2.25. The number of aromatic nitrogens is 3. The topological polar surface area (TPSA) is 41.6 Å². The second-order valence-electron chi connectivity index (χ2n) is 3.44.